The molecule has 120 valence electrons. The predicted molar refractivity (Wildman–Crippen MR) is 86.3 cm³/mol. The second-order valence-electron chi connectivity index (χ2n) is 5.73. The fraction of sp³-hybridized carbons (Fsp3) is 0.500. The number of anilines is 1. The molecule has 0 aliphatic carbocycles. The summed E-state index contributed by atoms with van der Waals surface area (Å²) in [6, 6.07) is 6.44. The normalized spacial score (nSPS) is 14.9. The molecular weight excluding hydrogens is 280 g/mol. The number of rotatable bonds is 4. The number of carbonyl (C=O) groups is 2. The number of hydrogen-bond donors (Lipinski definition) is 2. The zero-order valence-electron chi connectivity index (χ0n) is 13.3. The molecule has 0 saturated carbocycles. The van der Waals surface area contributed by atoms with Crippen LogP contribution in [0.2, 0.25) is 0 Å². The lowest BCUT2D eigenvalue weighted by atomic mass is 10.1. The van der Waals surface area contributed by atoms with Crippen molar-refractivity contribution in [3.05, 3.63) is 29.3 Å². The van der Waals surface area contributed by atoms with E-state index in [1.807, 2.05) is 10.3 Å². The number of hydrogen-bond acceptors (Lipinski definition) is 4. The minimum Gasteiger partial charge on any atom is -0.368 e. The first-order valence-electron chi connectivity index (χ1n) is 7.60. The molecule has 0 unspecified atom stereocenters. The topological polar surface area (TPSA) is 78.7 Å². The van der Waals surface area contributed by atoms with Crippen molar-refractivity contribution >= 4 is 17.5 Å². The van der Waals surface area contributed by atoms with Crippen molar-refractivity contribution < 1.29 is 9.59 Å². The van der Waals surface area contributed by atoms with Gasteiger partial charge in [-0.3, -0.25) is 15.0 Å². The molecule has 0 atom stereocenters. The van der Waals surface area contributed by atoms with Gasteiger partial charge < -0.3 is 9.80 Å². The summed E-state index contributed by atoms with van der Waals surface area (Å²) in [6.07, 6.45) is 0.360. The Morgan fingerprint density at radius 2 is 1.82 bits per heavy atom. The monoisotopic (exact) mass is 304 g/mol. The van der Waals surface area contributed by atoms with Crippen LogP contribution in [0.15, 0.2) is 18.2 Å². The molecule has 22 heavy (non-hydrogen) atoms. The average molecular weight is 304 g/mol. The second-order valence-corrected chi connectivity index (χ2v) is 5.73. The molecule has 0 aromatic heterocycles. The van der Waals surface area contributed by atoms with E-state index >= 15 is 0 Å². The third-order valence-electron chi connectivity index (χ3n) is 4.06. The van der Waals surface area contributed by atoms with Gasteiger partial charge in [0.1, 0.15) is 0 Å². The third kappa shape index (κ3) is 3.98. The Morgan fingerprint density at radius 1 is 1.14 bits per heavy atom. The van der Waals surface area contributed by atoms with Crippen molar-refractivity contribution in [1.82, 2.24) is 10.3 Å². The Balaban J connectivity index is 1.89. The standard InChI is InChI=1S/C16H24N4O2/c1-12-3-4-13(2)14(11-12)19-7-9-20(10-8-19)16(22)6-5-15(21)18-17/h3-4,11H,5-10,17H2,1-2H3,(H,18,21). The van der Waals surface area contributed by atoms with Crippen LogP contribution in [0.4, 0.5) is 5.69 Å². The van der Waals surface area contributed by atoms with Gasteiger partial charge in [0.2, 0.25) is 11.8 Å². The first-order valence-corrected chi connectivity index (χ1v) is 7.60. The van der Waals surface area contributed by atoms with E-state index in [-0.39, 0.29) is 24.7 Å². The van der Waals surface area contributed by atoms with Crippen molar-refractivity contribution in [2.75, 3.05) is 31.1 Å². The molecule has 0 radical (unpaired) electrons. The van der Waals surface area contributed by atoms with E-state index in [0.29, 0.717) is 13.1 Å². The molecule has 6 heteroatoms. The van der Waals surface area contributed by atoms with Crippen molar-refractivity contribution in [3.8, 4) is 0 Å². The minimum absolute atomic E-state index is 0.0178. The summed E-state index contributed by atoms with van der Waals surface area (Å²) in [7, 11) is 0. The lowest BCUT2D eigenvalue weighted by Gasteiger charge is -2.37. The van der Waals surface area contributed by atoms with E-state index < -0.39 is 0 Å². The lowest BCUT2D eigenvalue weighted by Crippen LogP contribution is -2.49. The first kappa shape index (κ1) is 16.3. The first-order chi connectivity index (χ1) is 10.5. The summed E-state index contributed by atoms with van der Waals surface area (Å²) < 4.78 is 0. The molecule has 0 spiro atoms. The molecule has 1 heterocycles. The summed E-state index contributed by atoms with van der Waals surface area (Å²) in [5.74, 6) is 4.73. The molecule has 1 aromatic rings. The van der Waals surface area contributed by atoms with E-state index in [2.05, 4.69) is 36.9 Å². The Kier molecular flexibility index (Phi) is 5.38. The van der Waals surface area contributed by atoms with Crippen LogP contribution in [-0.4, -0.2) is 42.9 Å². The number of amides is 2. The largest absolute Gasteiger partial charge is 0.368 e. The van der Waals surface area contributed by atoms with E-state index in [4.69, 9.17) is 5.84 Å². The quantitative estimate of drug-likeness (QED) is 0.488. The van der Waals surface area contributed by atoms with Crippen LogP contribution >= 0.6 is 0 Å². The highest BCUT2D eigenvalue weighted by Crippen LogP contribution is 2.23. The van der Waals surface area contributed by atoms with Gasteiger partial charge in [-0.2, -0.15) is 0 Å². The van der Waals surface area contributed by atoms with Gasteiger partial charge in [-0.15, -0.1) is 0 Å². The molecule has 1 fully saturated rings. The maximum absolute atomic E-state index is 12.1. The maximum atomic E-state index is 12.1. The van der Waals surface area contributed by atoms with E-state index in [0.717, 1.165) is 13.1 Å². The minimum atomic E-state index is -0.303. The lowest BCUT2D eigenvalue weighted by molar-refractivity contribution is -0.133. The van der Waals surface area contributed by atoms with Crippen LogP contribution in [-0.2, 0) is 9.59 Å². The van der Waals surface area contributed by atoms with E-state index in [9.17, 15) is 9.59 Å². The summed E-state index contributed by atoms with van der Waals surface area (Å²) in [4.78, 5) is 27.3. The molecule has 2 rings (SSSR count). The molecule has 0 bridgehead atoms. The number of hydrazine groups is 1. The molecule has 1 saturated heterocycles. The fourth-order valence-corrected chi connectivity index (χ4v) is 2.71. The molecule has 1 aliphatic rings. The number of nitrogens with one attached hydrogen (secondary N) is 1. The Labute approximate surface area is 131 Å². The van der Waals surface area contributed by atoms with Gasteiger partial charge in [0.05, 0.1) is 0 Å². The van der Waals surface area contributed by atoms with Crippen LogP contribution in [0.1, 0.15) is 24.0 Å². The fourth-order valence-electron chi connectivity index (χ4n) is 2.71. The number of carbonyl (C=O) groups excluding carboxylic acids is 2. The summed E-state index contributed by atoms with van der Waals surface area (Å²) in [5.41, 5.74) is 5.79. The zero-order chi connectivity index (χ0) is 16.1. The van der Waals surface area contributed by atoms with Crippen LogP contribution in [0, 0.1) is 13.8 Å². The van der Waals surface area contributed by atoms with Crippen LogP contribution < -0.4 is 16.2 Å². The molecule has 1 aliphatic heterocycles. The zero-order valence-corrected chi connectivity index (χ0v) is 13.3. The van der Waals surface area contributed by atoms with Crippen molar-refractivity contribution in [1.29, 1.82) is 0 Å². The highest BCUT2D eigenvalue weighted by atomic mass is 16.2. The Hall–Kier alpha value is -2.08. The Bertz CT molecular complexity index is 551. The molecule has 1 aromatic carbocycles. The van der Waals surface area contributed by atoms with Gasteiger partial charge in [-0.1, -0.05) is 12.1 Å². The SMILES string of the molecule is Cc1ccc(C)c(N2CCN(C(=O)CCC(=O)NN)CC2)c1. The smallest absolute Gasteiger partial charge is 0.234 e. The van der Waals surface area contributed by atoms with Crippen LogP contribution in [0.5, 0.6) is 0 Å². The highest BCUT2D eigenvalue weighted by molar-refractivity contribution is 5.83. The summed E-state index contributed by atoms with van der Waals surface area (Å²) in [6.45, 7) is 7.22. The predicted octanol–water partition coefficient (Wildman–Crippen LogP) is 0.722. The van der Waals surface area contributed by atoms with Crippen LogP contribution in [0.3, 0.4) is 0 Å². The van der Waals surface area contributed by atoms with Gasteiger partial charge in [0.15, 0.2) is 0 Å². The second kappa shape index (κ2) is 7.26. The van der Waals surface area contributed by atoms with Gasteiger partial charge >= 0.3 is 0 Å². The number of aryl methyl sites for hydroxylation is 2. The summed E-state index contributed by atoms with van der Waals surface area (Å²) >= 11 is 0. The number of piperazine rings is 1. The van der Waals surface area contributed by atoms with Crippen molar-refractivity contribution in [2.45, 2.75) is 26.7 Å². The number of nitrogens with zero attached hydrogens (tertiary/aromatic N) is 2. The third-order valence-corrected chi connectivity index (χ3v) is 4.06. The number of benzene rings is 1. The van der Waals surface area contributed by atoms with Gasteiger partial charge in [-0.05, 0) is 31.0 Å². The van der Waals surface area contributed by atoms with Crippen molar-refractivity contribution in [2.24, 2.45) is 5.84 Å². The molecule has 3 N–H and O–H groups in total. The average Bonchev–Trinajstić information content (AvgIpc) is 2.54. The molecule has 6 nitrogen and oxygen atoms in total. The molecular formula is C16H24N4O2. The Morgan fingerprint density at radius 3 is 2.45 bits per heavy atom. The van der Waals surface area contributed by atoms with Crippen molar-refractivity contribution in [3.63, 3.8) is 0 Å². The maximum Gasteiger partial charge on any atom is 0.234 e. The summed E-state index contributed by atoms with van der Waals surface area (Å²) in [5, 5.41) is 0. The van der Waals surface area contributed by atoms with Gasteiger partial charge in [0, 0.05) is 44.7 Å². The van der Waals surface area contributed by atoms with E-state index in [1.54, 1.807) is 0 Å². The highest BCUT2D eigenvalue weighted by Gasteiger charge is 2.22. The molecule has 2 amide bonds. The number of nitrogens with two attached hydrogens (primary N) is 1. The van der Waals surface area contributed by atoms with Gasteiger partial charge in [-0.25, -0.2) is 5.84 Å². The van der Waals surface area contributed by atoms with E-state index in [1.165, 1.54) is 16.8 Å². The van der Waals surface area contributed by atoms with Gasteiger partial charge in [0.25, 0.3) is 0 Å². The van der Waals surface area contributed by atoms with Crippen LogP contribution in [0.25, 0.3) is 0 Å².